The van der Waals surface area contributed by atoms with Gasteiger partial charge in [0, 0.05) is 10.9 Å². The fourth-order valence-electron chi connectivity index (χ4n) is 2.66. The molecule has 0 radical (unpaired) electrons. The van der Waals surface area contributed by atoms with Crippen LogP contribution in [0.25, 0.3) is 0 Å². The van der Waals surface area contributed by atoms with Gasteiger partial charge < -0.3 is 14.8 Å². The van der Waals surface area contributed by atoms with Crippen LogP contribution in [0.5, 0.6) is 11.5 Å². The zero-order valence-electron chi connectivity index (χ0n) is 14.2. The average Bonchev–Trinajstić information content (AvgIpc) is 2.61. The molecule has 2 aromatic rings. The lowest BCUT2D eigenvalue weighted by Gasteiger charge is -2.20. The highest BCUT2D eigenvalue weighted by Gasteiger charge is 2.17. The molecule has 132 valence electrons. The number of ether oxygens (including phenoxy) is 2. The van der Waals surface area contributed by atoms with Gasteiger partial charge in [0.25, 0.3) is 0 Å². The van der Waals surface area contributed by atoms with Crippen molar-refractivity contribution in [2.24, 2.45) is 0 Å². The molecule has 0 saturated heterocycles. The molecule has 0 bridgehead atoms. The molecular weight excluding hydrogens is 358 g/mol. The lowest BCUT2D eigenvalue weighted by molar-refractivity contribution is -0.115. The zero-order valence-corrected chi connectivity index (χ0v) is 15.7. The number of fused-ring (bicyclic) bond motifs is 1. The monoisotopic (exact) mass is 377 g/mol. The summed E-state index contributed by atoms with van der Waals surface area (Å²) >= 11 is 7.99. The van der Waals surface area contributed by atoms with E-state index in [1.165, 1.54) is 5.56 Å². The van der Waals surface area contributed by atoms with Gasteiger partial charge in [-0.3, -0.25) is 4.79 Å². The Balaban J connectivity index is 1.70. The minimum absolute atomic E-state index is 0.0956. The largest absolute Gasteiger partial charge is 0.486 e. The number of rotatable bonds is 5. The maximum Gasteiger partial charge on any atom is 0.228 e. The van der Waals surface area contributed by atoms with Crippen molar-refractivity contribution in [3.8, 4) is 11.5 Å². The summed E-state index contributed by atoms with van der Waals surface area (Å²) in [6.07, 6.45) is 2.29. The molecule has 0 fully saturated rings. The van der Waals surface area contributed by atoms with Crippen molar-refractivity contribution >= 4 is 35.0 Å². The van der Waals surface area contributed by atoms with Crippen LogP contribution in [0.4, 0.5) is 5.69 Å². The van der Waals surface area contributed by atoms with Gasteiger partial charge in [-0.15, -0.1) is 0 Å². The summed E-state index contributed by atoms with van der Waals surface area (Å²) in [6.45, 7) is 3.11. The van der Waals surface area contributed by atoms with Crippen molar-refractivity contribution < 1.29 is 14.3 Å². The first-order valence-corrected chi connectivity index (χ1v) is 9.74. The van der Waals surface area contributed by atoms with Gasteiger partial charge in [0.05, 0.1) is 11.4 Å². The molecule has 2 aromatic carbocycles. The average molecular weight is 378 g/mol. The van der Waals surface area contributed by atoms with Gasteiger partial charge in [-0.05, 0) is 48.6 Å². The number of benzene rings is 2. The number of halogens is 1. The van der Waals surface area contributed by atoms with Gasteiger partial charge in [-0.1, -0.05) is 23.7 Å². The van der Waals surface area contributed by atoms with E-state index in [4.69, 9.17) is 21.1 Å². The number of carbonyl (C=O) groups excluding carboxylic acids is 1. The maximum absolute atomic E-state index is 12.4. The van der Waals surface area contributed by atoms with Crippen LogP contribution in [-0.4, -0.2) is 25.4 Å². The van der Waals surface area contributed by atoms with E-state index in [0.717, 1.165) is 11.3 Å². The Bertz CT molecular complexity index is 781. The Kier molecular flexibility index (Phi) is 5.76. The lowest BCUT2D eigenvalue weighted by Crippen LogP contribution is -2.17. The normalized spacial score (nSPS) is 14.0. The van der Waals surface area contributed by atoms with Crippen LogP contribution in [-0.2, 0) is 11.2 Å². The third kappa shape index (κ3) is 4.41. The number of hydrogen-bond acceptors (Lipinski definition) is 4. The summed E-state index contributed by atoms with van der Waals surface area (Å²) in [6, 6.07) is 11.5. The van der Waals surface area contributed by atoms with E-state index < -0.39 is 0 Å². The summed E-state index contributed by atoms with van der Waals surface area (Å²) in [5.41, 5.74) is 2.78. The van der Waals surface area contributed by atoms with Gasteiger partial charge in [-0.25, -0.2) is 0 Å². The maximum atomic E-state index is 12.4. The number of anilines is 1. The smallest absolute Gasteiger partial charge is 0.228 e. The van der Waals surface area contributed by atoms with Gasteiger partial charge in [0.2, 0.25) is 5.91 Å². The molecule has 25 heavy (non-hydrogen) atoms. The number of hydrogen-bond donors (Lipinski definition) is 1. The molecule has 4 nitrogen and oxygen atoms in total. The number of nitrogens with one attached hydrogen (secondary N) is 1. The fourth-order valence-corrected chi connectivity index (χ4v) is 3.37. The highest BCUT2D eigenvalue weighted by Crippen LogP contribution is 2.38. The Morgan fingerprint density at radius 3 is 2.88 bits per heavy atom. The third-order valence-electron chi connectivity index (χ3n) is 4.01. The van der Waals surface area contributed by atoms with Gasteiger partial charge in [0.1, 0.15) is 13.2 Å². The fraction of sp³-hybridized carbons (Fsp3) is 0.316. The van der Waals surface area contributed by atoms with Crippen LogP contribution in [0, 0.1) is 0 Å². The topological polar surface area (TPSA) is 47.6 Å². The van der Waals surface area contributed by atoms with Crippen LogP contribution < -0.4 is 14.8 Å². The molecule has 0 aromatic heterocycles. The molecule has 1 N–H and O–H groups in total. The lowest BCUT2D eigenvalue weighted by atomic mass is 10.1. The molecule has 1 atom stereocenters. The van der Waals surface area contributed by atoms with E-state index >= 15 is 0 Å². The zero-order chi connectivity index (χ0) is 17.8. The van der Waals surface area contributed by atoms with Crippen LogP contribution in [0.15, 0.2) is 36.4 Å². The highest BCUT2D eigenvalue weighted by atomic mass is 35.5. The third-order valence-corrected chi connectivity index (χ3v) is 5.27. The number of thioether (sulfide) groups is 1. The van der Waals surface area contributed by atoms with E-state index in [-0.39, 0.29) is 12.3 Å². The number of carbonyl (C=O) groups is 1. The van der Waals surface area contributed by atoms with E-state index in [9.17, 15) is 4.79 Å². The molecule has 1 heterocycles. The summed E-state index contributed by atoms with van der Waals surface area (Å²) in [5.74, 6) is 1.05. The Morgan fingerprint density at radius 2 is 2.08 bits per heavy atom. The molecule has 1 aliphatic rings. The summed E-state index contributed by atoms with van der Waals surface area (Å²) in [7, 11) is 0. The van der Waals surface area contributed by atoms with Crippen molar-refractivity contribution in [1.29, 1.82) is 0 Å². The van der Waals surface area contributed by atoms with E-state index in [1.807, 2.05) is 24.3 Å². The summed E-state index contributed by atoms with van der Waals surface area (Å²) < 4.78 is 11.1. The van der Waals surface area contributed by atoms with Crippen molar-refractivity contribution in [3.05, 3.63) is 52.5 Å². The first-order chi connectivity index (χ1) is 12.1. The predicted octanol–water partition coefficient (Wildman–Crippen LogP) is 4.72. The van der Waals surface area contributed by atoms with Crippen LogP contribution in [0.2, 0.25) is 5.02 Å². The van der Waals surface area contributed by atoms with Crippen molar-refractivity contribution in [2.75, 3.05) is 24.8 Å². The summed E-state index contributed by atoms with van der Waals surface area (Å²) in [5, 5.41) is 3.80. The first kappa shape index (κ1) is 18.0. The molecule has 1 unspecified atom stereocenters. The second kappa shape index (κ2) is 8.02. The quantitative estimate of drug-likeness (QED) is 0.819. The molecule has 0 spiro atoms. The van der Waals surface area contributed by atoms with Crippen molar-refractivity contribution in [1.82, 2.24) is 0 Å². The Labute approximate surface area is 156 Å². The van der Waals surface area contributed by atoms with Gasteiger partial charge in [-0.2, -0.15) is 11.8 Å². The first-order valence-electron chi connectivity index (χ1n) is 8.07. The highest BCUT2D eigenvalue weighted by molar-refractivity contribution is 7.98. The van der Waals surface area contributed by atoms with E-state index in [2.05, 4.69) is 24.6 Å². The van der Waals surface area contributed by atoms with Crippen LogP contribution >= 0.6 is 23.4 Å². The second-order valence-corrected chi connectivity index (χ2v) is 7.42. The minimum Gasteiger partial charge on any atom is -0.486 e. The molecule has 0 saturated carbocycles. The minimum atomic E-state index is -0.0956. The Morgan fingerprint density at radius 1 is 1.28 bits per heavy atom. The van der Waals surface area contributed by atoms with E-state index in [1.54, 1.807) is 17.8 Å². The Hall–Kier alpha value is -1.85. The predicted molar refractivity (Wildman–Crippen MR) is 103 cm³/mol. The second-order valence-electron chi connectivity index (χ2n) is 5.83. The molecule has 0 aliphatic carbocycles. The molecule has 6 heteroatoms. The standard InChI is InChI=1S/C19H20ClNO3S/c1-12(25-2)14-4-3-5-15(11-14)21-18(22)10-13-8-16(20)19-17(9-13)23-6-7-24-19/h3-5,8-9,11-12H,6-7,10H2,1-2H3,(H,21,22). The van der Waals surface area contributed by atoms with Crippen LogP contribution in [0.3, 0.4) is 0 Å². The van der Waals surface area contributed by atoms with E-state index in [0.29, 0.717) is 35.0 Å². The van der Waals surface area contributed by atoms with Gasteiger partial charge >= 0.3 is 0 Å². The van der Waals surface area contributed by atoms with Gasteiger partial charge in [0.15, 0.2) is 11.5 Å². The number of amides is 1. The molecule has 3 rings (SSSR count). The van der Waals surface area contributed by atoms with Crippen molar-refractivity contribution in [2.45, 2.75) is 18.6 Å². The molecular formula is C19H20ClNO3S. The summed E-state index contributed by atoms with van der Waals surface area (Å²) in [4.78, 5) is 12.4. The van der Waals surface area contributed by atoms with Crippen LogP contribution in [0.1, 0.15) is 23.3 Å². The van der Waals surface area contributed by atoms with Crippen molar-refractivity contribution in [3.63, 3.8) is 0 Å². The molecule has 1 aliphatic heterocycles. The molecule has 1 amide bonds. The SMILES string of the molecule is CSC(C)c1cccc(NC(=O)Cc2cc(Cl)c3c(c2)OCCO3)c1.